The molecule has 0 aliphatic heterocycles. The van der Waals surface area contributed by atoms with Gasteiger partial charge < -0.3 is 10.3 Å². The number of aromatic nitrogens is 1. The van der Waals surface area contributed by atoms with Gasteiger partial charge >= 0.3 is 0 Å². The molecule has 0 atom stereocenters. The zero-order valence-corrected chi connectivity index (χ0v) is 10.9. The van der Waals surface area contributed by atoms with Gasteiger partial charge in [-0.3, -0.25) is 4.79 Å². The number of rotatable bonds is 4. The fourth-order valence-electron chi connectivity index (χ4n) is 2.27. The van der Waals surface area contributed by atoms with E-state index in [0.29, 0.717) is 5.69 Å². The second-order valence-electron chi connectivity index (χ2n) is 4.62. The summed E-state index contributed by atoms with van der Waals surface area (Å²) >= 11 is 2.01. The van der Waals surface area contributed by atoms with Crippen LogP contribution in [0.2, 0.25) is 0 Å². The third-order valence-corrected chi connectivity index (χ3v) is 4.61. The summed E-state index contributed by atoms with van der Waals surface area (Å²) in [6, 6.07) is 3.20. The quantitative estimate of drug-likeness (QED) is 0.895. The van der Waals surface area contributed by atoms with Crippen LogP contribution in [0.15, 0.2) is 23.1 Å². The molecule has 0 spiro atoms. The van der Waals surface area contributed by atoms with E-state index in [1.165, 1.54) is 32.1 Å². The molecule has 1 fully saturated rings. The second kappa shape index (κ2) is 6.15. The van der Waals surface area contributed by atoms with Gasteiger partial charge in [-0.1, -0.05) is 19.3 Å². The molecule has 94 valence electrons. The van der Waals surface area contributed by atoms with Crippen LogP contribution in [0.25, 0.3) is 0 Å². The molecule has 0 radical (unpaired) electrons. The largest absolute Gasteiger partial charge is 0.398 e. The number of pyridine rings is 1. The second-order valence-corrected chi connectivity index (χ2v) is 6.03. The Morgan fingerprint density at radius 1 is 1.29 bits per heavy atom. The van der Waals surface area contributed by atoms with Crippen LogP contribution in [0, 0.1) is 0 Å². The van der Waals surface area contributed by atoms with E-state index >= 15 is 0 Å². The first-order valence-corrected chi connectivity index (χ1v) is 7.38. The zero-order chi connectivity index (χ0) is 12.1. The van der Waals surface area contributed by atoms with E-state index in [2.05, 4.69) is 0 Å². The fraction of sp³-hybridized carbons (Fsp3) is 0.615. The third kappa shape index (κ3) is 3.80. The first-order valence-electron chi connectivity index (χ1n) is 6.33. The molecule has 1 aromatic heterocycles. The standard InChI is InChI=1S/C13H20N2OS/c14-11-6-7-13(16)15(10-11)8-9-17-12-4-2-1-3-5-12/h6-7,10,12H,1-5,8-9,14H2. The third-order valence-electron chi connectivity index (χ3n) is 3.24. The Morgan fingerprint density at radius 3 is 2.82 bits per heavy atom. The van der Waals surface area contributed by atoms with Crippen LogP contribution in [0.3, 0.4) is 0 Å². The highest BCUT2D eigenvalue weighted by Gasteiger charge is 2.13. The minimum absolute atomic E-state index is 0.0449. The monoisotopic (exact) mass is 252 g/mol. The summed E-state index contributed by atoms with van der Waals surface area (Å²) < 4.78 is 1.71. The van der Waals surface area contributed by atoms with E-state index in [0.717, 1.165) is 17.5 Å². The van der Waals surface area contributed by atoms with Gasteiger partial charge in [0.25, 0.3) is 5.56 Å². The average molecular weight is 252 g/mol. The highest BCUT2D eigenvalue weighted by atomic mass is 32.2. The van der Waals surface area contributed by atoms with Crippen molar-refractivity contribution >= 4 is 17.4 Å². The molecule has 1 aliphatic carbocycles. The Balaban J connectivity index is 1.81. The van der Waals surface area contributed by atoms with Crippen molar-refractivity contribution in [3.63, 3.8) is 0 Å². The van der Waals surface area contributed by atoms with E-state index < -0.39 is 0 Å². The van der Waals surface area contributed by atoms with E-state index in [1.54, 1.807) is 22.9 Å². The minimum atomic E-state index is 0.0449. The first-order chi connectivity index (χ1) is 8.25. The van der Waals surface area contributed by atoms with Crippen molar-refractivity contribution in [2.75, 3.05) is 11.5 Å². The maximum absolute atomic E-state index is 11.6. The lowest BCUT2D eigenvalue weighted by molar-refractivity contribution is 0.515. The Labute approximate surface area is 106 Å². The van der Waals surface area contributed by atoms with Gasteiger partial charge in [0.2, 0.25) is 0 Å². The topological polar surface area (TPSA) is 48.0 Å². The van der Waals surface area contributed by atoms with Crippen molar-refractivity contribution in [2.45, 2.75) is 43.9 Å². The number of nitrogens with two attached hydrogens (primary N) is 1. The molecule has 0 unspecified atom stereocenters. The van der Waals surface area contributed by atoms with Crippen molar-refractivity contribution in [3.05, 3.63) is 28.7 Å². The molecule has 0 amide bonds. The number of hydrogen-bond acceptors (Lipinski definition) is 3. The molecule has 0 aromatic carbocycles. The molecule has 2 rings (SSSR count). The van der Waals surface area contributed by atoms with Gasteiger partial charge in [-0.05, 0) is 18.9 Å². The smallest absolute Gasteiger partial charge is 0.250 e. The van der Waals surface area contributed by atoms with Crippen molar-refractivity contribution in [2.24, 2.45) is 0 Å². The summed E-state index contributed by atoms with van der Waals surface area (Å²) in [5, 5.41) is 0.806. The predicted molar refractivity (Wildman–Crippen MR) is 74.4 cm³/mol. The van der Waals surface area contributed by atoms with Gasteiger partial charge in [0.05, 0.1) is 0 Å². The van der Waals surface area contributed by atoms with Crippen LogP contribution in [-0.2, 0) is 6.54 Å². The molecule has 0 bridgehead atoms. The summed E-state index contributed by atoms with van der Waals surface area (Å²) in [4.78, 5) is 11.6. The summed E-state index contributed by atoms with van der Waals surface area (Å²) in [5.41, 5.74) is 6.38. The lowest BCUT2D eigenvalue weighted by Gasteiger charge is -2.21. The molecule has 1 saturated carbocycles. The van der Waals surface area contributed by atoms with Crippen LogP contribution in [-0.4, -0.2) is 15.6 Å². The van der Waals surface area contributed by atoms with Crippen LogP contribution in [0.4, 0.5) is 5.69 Å². The first kappa shape index (κ1) is 12.6. The Morgan fingerprint density at radius 2 is 2.06 bits per heavy atom. The molecule has 1 heterocycles. The van der Waals surface area contributed by atoms with Crippen LogP contribution in [0.5, 0.6) is 0 Å². The number of thioether (sulfide) groups is 1. The maximum Gasteiger partial charge on any atom is 0.250 e. The summed E-state index contributed by atoms with van der Waals surface area (Å²) in [6.07, 6.45) is 8.56. The molecule has 1 aromatic rings. The molecule has 4 heteroatoms. The molecule has 1 aliphatic rings. The van der Waals surface area contributed by atoms with E-state index in [-0.39, 0.29) is 5.56 Å². The molecular formula is C13H20N2OS. The van der Waals surface area contributed by atoms with Gasteiger partial charge in [0, 0.05) is 35.5 Å². The number of anilines is 1. The maximum atomic E-state index is 11.6. The minimum Gasteiger partial charge on any atom is -0.398 e. The van der Waals surface area contributed by atoms with Gasteiger partial charge in [0.15, 0.2) is 0 Å². The van der Waals surface area contributed by atoms with E-state index in [1.807, 2.05) is 11.8 Å². The SMILES string of the molecule is Nc1ccc(=O)n(CCSC2CCCCC2)c1. The van der Waals surface area contributed by atoms with Crippen LogP contribution >= 0.6 is 11.8 Å². The number of aryl methyl sites for hydroxylation is 1. The molecule has 2 N–H and O–H groups in total. The summed E-state index contributed by atoms with van der Waals surface area (Å²) in [5.74, 6) is 1.01. The normalized spacial score (nSPS) is 17.2. The number of nitrogens with zero attached hydrogens (tertiary/aromatic N) is 1. The van der Waals surface area contributed by atoms with Gasteiger partial charge in [-0.25, -0.2) is 0 Å². The van der Waals surface area contributed by atoms with Crippen LogP contribution in [0.1, 0.15) is 32.1 Å². The van der Waals surface area contributed by atoms with Gasteiger partial charge in [0.1, 0.15) is 0 Å². The highest BCUT2D eigenvalue weighted by molar-refractivity contribution is 7.99. The van der Waals surface area contributed by atoms with E-state index in [9.17, 15) is 4.79 Å². The van der Waals surface area contributed by atoms with Crippen molar-refractivity contribution in [3.8, 4) is 0 Å². The lowest BCUT2D eigenvalue weighted by Crippen LogP contribution is -2.20. The molecule has 17 heavy (non-hydrogen) atoms. The Bertz CT molecular complexity index is 410. The van der Waals surface area contributed by atoms with Gasteiger partial charge in [-0.2, -0.15) is 11.8 Å². The lowest BCUT2D eigenvalue weighted by atomic mass is 10.0. The van der Waals surface area contributed by atoms with Crippen molar-refractivity contribution < 1.29 is 0 Å². The number of nitrogen functional groups attached to an aromatic ring is 1. The molecular weight excluding hydrogens is 232 g/mol. The summed E-state index contributed by atoms with van der Waals surface area (Å²) in [6.45, 7) is 0.769. The number of hydrogen-bond donors (Lipinski definition) is 1. The van der Waals surface area contributed by atoms with Crippen molar-refractivity contribution in [1.29, 1.82) is 0 Å². The van der Waals surface area contributed by atoms with Crippen molar-refractivity contribution in [1.82, 2.24) is 4.57 Å². The van der Waals surface area contributed by atoms with E-state index in [4.69, 9.17) is 5.73 Å². The average Bonchev–Trinajstić information content (AvgIpc) is 2.35. The Kier molecular flexibility index (Phi) is 4.54. The summed E-state index contributed by atoms with van der Waals surface area (Å²) in [7, 11) is 0. The predicted octanol–water partition coefficient (Wildman–Crippen LogP) is 2.50. The zero-order valence-electron chi connectivity index (χ0n) is 10.1. The molecule has 3 nitrogen and oxygen atoms in total. The highest BCUT2D eigenvalue weighted by Crippen LogP contribution is 2.28. The van der Waals surface area contributed by atoms with Crippen LogP contribution < -0.4 is 11.3 Å². The fourth-order valence-corrected chi connectivity index (χ4v) is 3.58. The van der Waals surface area contributed by atoms with Gasteiger partial charge in [-0.15, -0.1) is 0 Å². The molecule has 0 saturated heterocycles. The Hall–Kier alpha value is -0.900.